The minimum atomic E-state index is -5.43. The molecule has 3 aromatic rings. The number of rotatable bonds is 6. The number of benzene rings is 1. The van der Waals surface area contributed by atoms with Gasteiger partial charge in [0.25, 0.3) is 12.0 Å². The second kappa shape index (κ2) is 10.2. The summed E-state index contributed by atoms with van der Waals surface area (Å²) in [4.78, 5) is 21.4. The van der Waals surface area contributed by atoms with E-state index >= 15 is 0 Å². The summed E-state index contributed by atoms with van der Waals surface area (Å²) >= 11 is 0. The second-order valence-electron chi connectivity index (χ2n) is 9.20. The van der Waals surface area contributed by atoms with E-state index in [2.05, 4.69) is 20.0 Å². The van der Waals surface area contributed by atoms with E-state index in [9.17, 15) is 39.6 Å². The maximum Gasteiger partial charge on any atom is 0.431 e. The fourth-order valence-electron chi connectivity index (χ4n) is 4.28. The van der Waals surface area contributed by atoms with E-state index < -0.39 is 40.0 Å². The molecule has 0 aliphatic carbocycles. The fourth-order valence-corrected chi connectivity index (χ4v) is 4.91. The highest BCUT2D eigenvalue weighted by atomic mass is 32.2. The number of hydrogen-bond donors (Lipinski definition) is 1. The molecule has 212 valence electrons. The number of alkyl halides is 5. The van der Waals surface area contributed by atoms with Crippen LogP contribution in [0, 0.1) is 5.82 Å². The molecule has 1 fully saturated rings. The molecule has 1 aliphatic heterocycles. The zero-order chi connectivity index (χ0) is 28.8. The number of hydrogen-bond acceptors (Lipinski definition) is 7. The van der Waals surface area contributed by atoms with E-state index in [-0.39, 0.29) is 55.3 Å². The molecule has 0 saturated carbocycles. The lowest BCUT2D eigenvalue weighted by atomic mass is 10.1. The molecule has 9 nitrogen and oxygen atoms in total. The Hall–Kier alpha value is -3.56. The zero-order valence-corrected chi connectivity index (χ0v) is 21.4. The Morgan fingerprint density at radius 1 is 1.13 bits per heavy atom. The summed E-state index contributed by atoms with van der Waals surface area (Å²) in [5.41, 5.74) is 0.432. The molecule has 2 aromatic heterocycles. The van der Waals surface area contributed by atoms with E-state index in [0.29, 0.717) is 11.0 Å². The number of anilines is 2. The largest absolute Gasteiger partial charge is 0.431 e. The van der Waals surface area contributed by atoms with Gasteiger partial charge in [-0.3, -0.25) is 0 Å². The first-order chi connectivity index (χ1) is 18.1. The predicted molar refractivity (Wildman–Crippen MR) is 127 cm³/mol. The summed E-state index contributed by atoms with van der Waals surface area (Å²) in [5.74, 6) is -4.87. The average Bonchev–Trinajstić information content (AvgIpc) is 3.27. The Labute approximate surface area is 218 Å². The number of carbonyl (C=O) groups excluding carboxylic acids is 1. The van der Waals surface area contributed by atoms with Gasteiger partial charge in [0, 0.05) is 38.5 Å². The van der Waals surface area contributed by atoms with Crippen LogP contribution in [0.15, 0.2) is 41.7 Å². The first-order valence-corrected chi connectivity index (χ1v) is 13.4. The van der Waals surface area contributed by atoms with Gasteiger partial charge in [0.2, 0.25) is 0 Å². The quantitative estimate of drug-likeness (QED) is 0.406. The molecule has 1 amide bonds. The van der Waals surface area contributed by atoms with Crippen LogP contribution in [0.5, 0.6) is 0 Å². The van der Waals surface area contributed by atoms with E-state index in [4.69, 9.17) is 0 Å². The van der Waals surface area contributed by atoms with Gasteiger partial charge in [-0.1, -0.05) is 0 Å². The number of amides is 1. The van der Waals surface area contributed by atoms with Crippen molar-refractivity contribution in [2.24, 2.45) is 0 Å². The van der Waals surface area contributed by atoms with Gasteiger partial charge >= 0.3 is 12.3 Å². The Morgan fingerprint density at radius 2 is 1.79 bits per heavy atom. The van der Waals surface area contributed by atoms with Gasteiger partial charge in [-0.2, -0.15) is 13.2 Å². The second-order valence-corrected chi connectivity index (χ2v) is 11.2. The van der Waals surface area contributed by atoms with Crippen LogP contribution >= 0.6 is 0 Å². The SMILES string of the molecule is CC(F)(F)C(OC(=O)N1CCC(n2ccc3c(Nc4ccc(S(C)(=O)=O)cc4F)ncnc32)CC1)C(F)(F)F. The topological polar surface area (TPSA) is 106 Å². The molecule has 1 aliphatic rings. The lowest BCUT2D eigenvalue weighted by molar-refractivity contribution is -0.265. The van der Waals surface area contributed by atoms with Crippen molar-refractivity contribution in [3.8, 4) is 0 Å². The van der Waals surface area contributed by atoms with Crippen molar-refractivity contribution in [2.75, 3.05) is 24.7 Å². The molecule has 16 heteroatoms. The molecule has 0 bridgehead atoms. The number of ether oxygens (including phenoxy) is 1. The van der Waals surface area contributed by atoms with Gasteiger partial charge in [0.1, 0.15) is 23.6 Å². The van der Waals surface area contributed by atoms with Gasteiger partial charge in [-0.15, -0.1) is 0 Å². The maximum absolute atomic E-state index is 14.6. The highest BCUT2D eigenvalue weighted by Crippen LogP contribution is 2.36. The molecule has 4 rings (SSSR count). The van der Waals surface area contributed by atoms with Gasteiger partial charge in [-0.05, 0) is 37.1 Å². The Morgan fingerprint density at radius 3 is 2.36 bits per heavy atom. The van der Waals surface area contributed by atoms with Crippen molar-refractivity contribution in [2.45, 2.75) is 48.9 Å². The van der Waals surface area contributed by atoms with Crippen LogP contribution in [0.4, 0.5) is 42.6 Å². The lowest BCUT2D eigenvalue weighted by Crippen LogP contribution is -2.49. The Bertz CT molecular complexity index is 1470. The minimum Gasteiger partial charge on any atom is -0.430 e. The third-order valence-corrected chi connectivity index (χ3v) is 7.33. The lowest BCUT2D eigenvalue weighted by Gasteiger charge is -2.34. The third-order valence-electron chi connectivity index (χ3n) is 6.22. The number of likely N-dealkylation sites (tertiary alicyclic amines) is 1. The van der Waals surface area contributed by atoms with Crippen LogP contribution in [0.25, 0.3) is 11.0 Å². The van der Waals surface area contributed by atoms with Crippen LogP contribution in [-0.4, -0.2) is 71.5 Å². The summed E-state index contributed by atoms with van der Waals surface area (Å²) in [7, 11) is -3.60. The van der Waals surface area contributed by atoms with Crippen LogP contribution in [0.2, 0.25) is 0 Å². The van der Waals surface area contributed by atoms with E-state index in [0.717, 1.165) is 17.2 Å². The minimum absolute atomic E-state index is 0.0169. The van der Waals surface area contributed by atoms with Crippen LogP contribution in [-0.2, 0) is 14.6 Å². The van der Waals surface area contributed by atoms with Crippen LogP contribution < -0.4 is 5.32 Å². The average molecular weight is 580 g/mol. The summed E-state index contributed by atoms with van der Waals surface area (Å²) < 4.78 is 109. The van der Waals surface area contributed by atoms with Crippen molar-refractivity contribution in [1.29, 1.82) is 0 Å². The number of carbonyl (C=O) groups is 1. The number of piperidine rings is 1. The molecular weight excluding hydrogens is 556 g/mol. The third kappa shape index (κ3) is 6.20. The monoisotopic (exact) mass is 579 g/mol. The molecule has 1 N–H and O–H groups in total. The maximum atomic E-state index is 14.6. The van der Waals surface area contributed by atoms with E-state index in [1.807, 2.05) is 0 Å². The smallest absolute Gasteiger partial charge is 0.430 e. The Balaban J connectivity index is 1.47. The number of halogens is 6. The number of nitrogens with one attached hydrogen (secondary N) is 1. The van der Waals surface area contributed by atoms with Crippen molar-refractivity contribution in [1.82, 2.24) is 19.4 Å². The standard InChI is InChI=1S/C23H23F6N5O4S/c1-22(25,26)20(23(27,28)29)38-21(35)33-8-5-13(6-9-33)34-10-7-15-18(30-12-31-19(15)34)32-17-4-3-14(11-16(17)24)39(2,36)37/h3-4,7,10-13,20H,5-6,8-9H2,1-2H3,(H,30,31,32). The molecule has 1 saturated heterocycles. The summed E-state index contributed by atoms with van der Waals surface area (Å²) in [6.45, 7) is -0.0555. The summed E-state index contributed by atoms with van der Waals surface area (Å²) in [6, 6.07) is 4.83. The molecule has 0 spiro atoms. The van der Waals surface area contributed by atoms with Gasteiger partial charge in [0.15, 0.2) is 9.84 Å². The normalized spacial score (nSPS) is 16.4. The first kappa shape index (κ1) is 28.4. The highest BCUT2D eigenvalue weighted by molar-refractivity contribution is 7.90. The number of nitrogens with zero attached hydrogens (tertiary/aromatic N) is 4. The number of fused-ring (bicyclic) bond motifs is 1. The molecule has 0 radical (unpaired) electrons. The van der Waals surface area contributed by atoms with Crippen molar-refractivity contribution in [3.05, 3.63) is 42.6 Å². The fraction of sp³-hybridized carbons (Fsp3) is 0.435. The molecule has 3 heterocycles. The molecule has 1 aromatic carbocycles. The van der Waals surface area contributed by atoms with Crippen molar-refractivity contribution in [3.63, 3.8) is 0 Å². The zero-order valence-electron chi connectivity index (χ0n) is 20.5. The molecule has 39 heavy (non-hydrogen) atoms. The van der Waals surface area contributed by atoms with Gasteiger partial charge in [-0.25, -0.2) is 36.4 Å². The van der Waals surface area contributed by atoms with Crippen LogP contribution in [0.3, 0.4) is 0 Å². The first-order valence-electron chi connectivity index (χ1n) is 11.5. The predicted octanol–water partition coefficient (Wildman–Crippen LogP) is 5.08. The van der Waals surface area contributed by atoms with Crippen molar-refractivity contribution >= 4 is 38.5 Å². The highest BCUT2D eigenvalue weighted by Gasteiger charge is 2.56. The Kier molecular flexibility index (Phi) is 7.44. The van der Waals surface area contributed by atoms with E-state index in [1.54, 1.807) is 16.8 Å². The number of sulfone groups is 1. The van der Waals surface area contributed by atoms with Crippen molar-refractivity contribution < 1.29 is 44.3 Å². The summed E-state index contributed by atoms with van der Waals surface area (Å²) in [5, 5.41) is 3.32. The van der Waals surface area contributed by atoms with Crippen LogP contribution in [0.1, 0.15) is 25.8 Å². The van der Waals surface area contributed by atoms with Gasteiger partial charge in [0.05, 0.1) is 16.0 Å². The van der Waals surface area contributed by atoms with Gasteiger partial charge < -0.3 is 19.5 Å². The molecular formula is C23H23F6N5O4S. The number of aromatic nitrogens is 3. The van der Waals surface area contributed by atoms with E-state index in [1.165, 1.54) is 18.5 Å². The molecule has 1 unspecified atom stereocenters. The summed E-state index contributed by atoms with van der Waals surface area (Å²) in [6.07, 6.45) is -6.05. The molecule has 1 atom stereocenters.